The van der Waals surface area contributed by atoms with Gasteiger partial charge in [0.25, 0.3) is 0 Å². The van der Waals surface area contributed by atoms with Gasteiger partial charge in [0.2, 0.25) is 0 Å². The fourth-order valence-electron chi connectivity index (χ4n) is 1.80. The molecule has 0 aromatic carbocycles. The van der Waals surface area contributed by atoms with Crippen LogP contribution >= 0.6 is 11.8 Å². The lowest BCUT2D eigenvalue weighted by molar-refractivity contribution is -0.848. The van der Waals surface area contributed by atoms with E-state index in [0.717, 1.165) is 4.48 Å². The number of hydrogen-bond acceptors (Lipinski definition) is 1. The van der Waals surface area contributed by atoms with Crippen LogP contribution in [0.15, 0.2) is 22.8 Å². The zero-order valence-electron chi connectivity index (χ0n) is 8.48. The molecule has 1 nitrogen and oxygen atoms in total. The molecule has 0 spiro atoms. The third-order valence-electron chi connectivity index (χ3n) is 2.27. The number of allylic oxidation sites excluding steroid dienone is 1. The molecule has 1 heterocycles. The van der Waals surface area contributed by atoms with Gasteiger partial charge in [-0.3, -0.25) is 4.48 Å². The van der Waals surface area contributed by atoms with Gasteiger partial charge in [-0.1, -0.05) is 6.58 Å². The lowest BCUT2D eigenvalue weighted by Crippen LogP contribution is -2.43. The van der Waals surface area contributed by atoms with Gasteiger partial charge in [0.1, 0.15) is 5.70 Å². The van der Waals surface area contributed by atoms with Crippen molar-refractivity contribution in [1.82, 2.24) is 0 Å². The third kappa shape index (κ3) is 1.75. The normalized spacial score (nSPS) is 22.7. The van der Waals surface area contributed by atoms with Gasteiger partial charge in [-0.2, -0.15) is 0 Å². The van der Waals surface area contributed by atoms with E-state index in [1.165, 1.54) is 28.5 Å². The number of thioether (sulfide) groups is 1. The van der Waals surface area contributed by atoms with E-state index in [0.29, 0.717) is 0 Å². The van der Waals surface area contributed by atoms with Crippen LogP contribution in [0.5, 0.6) is 0 Å². The molecule has 0 amide bonds. The average molecular weight is 184 g/mol. The van der Waals surface area contributed by atoms with Crippen molar-refractivity contribution in [3.05, 3.63) is 22.8 Å². The van der Waals surface area contributed by atoms with Crippen molar-refractivity contribution in [2.45, 2.75) is 13.8 Å². The second-order valence-corrected chi connectivity index (χ2v) is 5.22. The zero-order chi connectivity index (χ0) is 9.35. The summed E-state index contributed by atoms with van der Waals surface area (Å²) < 4.78 is 0.994. The van der Waals surface area contributed by atoms with Crippen LogP contribution in [0.1, 0.15) is 13.8 Å². The molecule has 0 aliphatic carbocycles. The van der Waals surface area contributed by atoms with Gasteiger partial charge in [-0.05, 0) is 19.4 Å². The maximum absolute atomic E-state index is 4.10. The highest BCUT2D eigenvalue weighted by Crippen LogP contribution is 2.35. The maximum atomic E-state index is 4.10. The minimum Gasteiger partial charge on any atom is -0.294 e. The Labute approximate surface area is 79.7 Å². The van der Waals surface area contributed by atoms with Crippen LogP contribution < -0.4 is 0 Å². The predicted octanol–water partition coefficient (Wildman–Crippen LogP) is 2.62. The molecule has 1 aliphatic heterocycles. The number of nitrogens with zero attached hydrogens (tertiary/aromatic N) is 1. The third-order valence-corrected chi connectivity index (χ3v) is 3.20. The monoisotopic (exact) mass is 184 g/mol. The first-order valence-electron chi connectivity index (χ1n) is 4.28. The molecule has 0 N–H and O–H groups in total. The minimum atomic E-state index is 0.994. The Bertz CT molecular complexity index is 234. The van der Waals surface area contributed by atoms with Gasteiger partial charge in [0.15, 0.2) is 0 Å². The first kappa shape index (κ1) is 9.87. The summed E-state index contributed by atoms with van der Waals surface area (Å²) in [6.07, 6.45) is 0. The highest BCUT2D eigenvalue weighted by atomic mass is 32.2. The largest absolute Gasteiger partial charge is 0.294 e. The molecule has 0 radical (unpaired) electrons. The second-order valence-electron chi connectivity index (χ2n) is 4.03. The topological polar surface area (TPSA) is 0 Å². The molecule has 0 atom stereocenters. The van der Waals surface area contributed by atoms with Crippen LogP contribution in [-0.2, 0) is 0 Å². The summed E-state index contributed by atoms with van der Waals surface area (Å²) in [4.78, 5) is 1.26. The van der Waals surface area contributed by atoms with Gasteiger partial charge >= 0.3 is 0 Å². The molecular formula is C10H18NS+. The molecule has 0 bridgehead atoms. The van der Waals surface area contributed by atoms with E-state index < -0.39 is 0 Å². The molecule has 68 valence electrons. The number of likely N-dealkylation sites (N-methyl/N-ethyl adjacent to an activating group) is 1. The molecule has 1 aliphatic rings. The van der Waals surface area contributed by atoms with E-state index in [2.05, 4.69) is 34.5 Å². The molecule has 1 saturated heterocycles. The smallest absolute Gasteiger partial charge is 0.144 e. The molecular weight excluding hydrogens is 166 g/mol. The number of rotatable bonds is 0. The van der Waals surface area contributed by atoms with Crippen LogP contribution in [0.3, 0.4) is 0 Å². The quantitative estimate of drug-likeness (QED) is 0.522. The van der Waals surface area contributed by atoms with Crippen molar-refractivity contribution in [2.24, 2.45) is 0 Å². The Kier molecular flexibility index (Phi) is 2.69. The van der Waals surface area contributed by atoms with E-state index >= 15 is 0 Å². The Morgan fingerprint density at radius 3 is 2.33 bits per heavy atom. The summed E-state index contributed by atoms with van der Waals surface area (Å²) in [5.41, 5.74) is 2.82. The second kappa shape index (κ2) is 3.27. The van der Waals surface area contributed by atoms with Gasteiger partial charge in [-0.15, -0.1) is 11.8 Å². The number of hydrogen-bond donors (Lipinski definition) is 0. The lowest BCUT2D eigenvalue weighted by Gasteiger charge is -2.37. The van der Waals surface area contributed by atoms with Crippen LogP contribution in [0.4, 0.5) is 0 Å². The van der Waals surface area contributed by atoms with Crippen molar-refractivity contribution < 1.29 is 4.48 Å². The summed E-state index contributed by atoms with van der Waals surface area (Å²) in [5, 5.41) is 0. The summed E-state index contributed by atoms with van der Waals surface area (Å²) in [6, 6.07) is 0. The molecule has 2 heteroatoms. The Morgan fingerprint density at radius 2 is 2.00 bits per heavy atom. The summed E-state index contributed by atoms with van der Waals surface area (Å²) in [5.74, 6) is 1.20. The molecule has 1 rings (SSSR count). The Balaban J connectivity index is 3.06. The lowest BCUT2D eigenvalue weighted by atomic mass is 10.2. The van der Waals surface area contributed by atoms with Crippen LogP contribution in [-0.4, -0.2) is 30.9 Å². The maximum Gasteiger partial charge on any atom is 0.144 e. The van der Waals surface area contributed by atoms with E-state index in [1.807, 2.05) is 11.8 Å². The zero-order valence-corrected chi connectivity index (χ0v) is 9.29. The van der Waals surface area contributed by atoms with E-state index in [1.54, 1.807) is 0 Å². The van der Waals surface area contributed by atoms with Gasteiger partial charge in [-0.25, -0.2) is 0 Å². The standard InChI is InChI=1S/C10H18NS/c1-8(2)10-9(3)12-7-6-11(10,4)5/h3,6-7H2,1-2,4-5H3/q+1. The minimum absolute atomic E-state index is 0.994. The average Bonchev–Trinajstić information content (AvgIpc) is 1.82. The first-order valence-corrected chi connectivity index (χ1v) is 5.27. The van der Waals surface area contributed by atoms with E-state index in [-0.39, 0.29) is 0 Å². The van der Waals surface area contributed by atoms with Crippen molar-refractivity contribution >= 4 is 11.8 Å². The van der Waals surface area contributed by atoms with Crippen LogP contribution in [0.2, 0.25) is 0 Å². The van der Waals surface area contributed by atoms with E-state index in [4.69, 9.17) is 0 Å². The number of quaternary nitrogens is 1. The van der Waals surface area contributed by atoms with Gasteiger partial charge in [0, 0.05) is 5.75 Å². The summed E-state index contributed by atoms with van der Waals surface area (Å²) in [7, 11) is 4.51. The van der Waals surface area contributed by atoms with Gasteiger partial charge in [0.05, 0.1) is 25.5 Å². The van der Waals surface area contributed by atoms with Crippen molar-refractivity contribution in [3.8, 4) is 0 Å². The highest BCUT2D eigenvalue weighted by Gasteiger charge is 2.30. The summed E-state index contributed by atoms with van der Waals surface area (Å²) in [6.45, 7) is 9.66. The van der Waals surface area contributed by atoms with Crippen molar-refractivity contribution in [3.63, 3.8) is 0 Å². The van der Waals surface area contributed by atoms with E-state index in [9.17, 15) is 0 Å². The van der Waals surface area contributed by atoms with Crippen molar-refractivity contribution in [2.75, 3.05) is 26.4 Å². The molecule has 0 aromatic rings. The fourth-order valence-corrected chi connectivity index (χ4v) is 3.18. The Hall–Kier alpha value is -0.210. The van der Waals surface area contributed by atoms with Crippen LogP contribution in [0, 0.1) is 0 Å². The highest BCUT2D eigenvalue weighted by molar-refractivity contribution is 8.03. The SMILES string of the molecule is C=C1SCC[N+](C)(C)C1=C(C)C. The first-order chi connectivity index (χ1) is 5.45. The molecule has 1 fully saturated rings. The molecule has 0 aromatic heterocycles. The predicted molar refractivity (Wildman–Crippen MR) is 56.9 cm³/mol. The Morgan fingerprint density at radius 1 is 1.42 bits per heavy atom. The van der Waals surface area contributed by atoms with Crippen LogP contribution in [0.25, 0.3) is 0 Å². The molecule has 0 saturated carbocycles. The summed E-state index contributed by atoms with van der Waals surface area (Å²) >= 11 is 1.89. The molecule has 12 heavy (non-hydrogen) atoms. The van der Waals surface area contributed by atoms with Crippen molar-refractivity contribution in [1.29, 1.82) is 0 Å². The molecule has 0 unspecified atom stereocenters. The fraction of sp³-hybridized carbons (Fsp3) is 0.600. The van der Waals surface area contributed by atoms with Gasteiger partial charge < -0.3 is 0 Å².